The van der Waals surface area contributed by atoms with Crippen molar-refractivity contribution in [3.05, 3.63) is 12.2 Å². The lowest BCUT2D eigenvalue weighted by Gasteiger charge is -2.43. The number of hydrogen-bond acceptors (Lipinski definition) is 4. The van der Waals surface area contributed by atoms with E-state index in [-0.39, 0.29) is 29.8 Å². The SMILES string of the molecule is C=C(C)C(=O)OC1CC2CC1CC2C1(OCC(C)(O)C(F)(F)F)CCCC1. The molecule has 2 bridgehead atoms. The normalized spacial score (nSPS) is 34.4. The minimum absolute atomic E-state index is 0.132. The molecule has 3 rings (SSSR count). The Hall–Kier alpha value is -1.08. The molecule has 4 nitrogen and oxygen atoms in total. The molecule has 3 aliphatic rings. The highest BCUT2D eigenvalue weighted by molar-refractivity contribution is 5.87. The Morgan fingerprint density at radius 2 is 1.81 bits per heavy atom. The van der Waals surface area contributed by atoms with Gasteiger partial charge in [0.2, 0.25) is 0 Å². The van der Waals surface area contributed by atoms with Gasteiger partial charge in [-0.2, -0.15) is 13.2 Å². The standard InChI is InChI=1S/C20H29F3O4/c1-12(2)17(24)27-16-10-13-8-14(16)9-15(13)19(6-4-5-7-19)26-11-18(3,25)20(21,22)23/h13-16,25H,1,4-11H2,2-3H3. The Labute approximate surface area is 158 Å². The summed E-state index contributed by atoms with van der Waals surface area (Å²) in [5.41, 5.74) is -3.07. The van der Waals surface area contributed by atoms with Crippen LogP contribution in [0.15, 0.2) is 12.2 Å². The van der Waals surface area contributed by atoms with E-state index in [1.54, 1.807) is 6.92 Å². The summed E-state index contributed by atoms with van der Waals surface area (Å²) in [6, 6.07) is 0. The Bertz CT molecular complexity index is 593. The fraction of sp³-hybridized carbons (Fsp3) is 0.850. The van der Waals surface area contributed by atoms with Crippen LogP contribution in [0.3, 0.4) is 0 Å². The first-order valence-corrected chi connectivity index (χ1v) is 9.75. The predicted octanol–water partition coefficient (Wildman–Crippen LogP) is 4.16. The van der Waals surface area contributed by atoms with Crippen LogP contribution in [-0.2, 0) is 14.3 Å². The minimum atomic E-state index is -4.72. The largest absolute Gasteiger partial charge is 0.459 e. The molecule has 5 atom stereocenters. The Morgan fingerprint density at radius 1 is 1.19 bits per heavy atom. The van der Waals surface area contributed by atoms with Crippen molar-refractivity contribution in [1.29, 1.82) is 0 Å². The van der Waals surface area contributed by atoms with Gasteiger partial charge in [0.15, 0.2) is 5.60 Å². The first-order chi connectivity index (χ1) is 12.5. The first kappa shape index (κ1) is 20.6. The van der Waals surface area contributed by atoms with E-state index in [4.69, 9.17) is 9.47 Å². The Kier molecular flexibility index (Phi) is 5.40. The van der Waals surface area contributed by atoms with Crippen molar-refractivity contribution >= 4 is 5.97 Å². The minimum Gasteiger partial charge on any atom is -0.459 e. The molecule has 5 unspecified atom stereocenters. The molecule has 0 amide bonds. The van der Waals surface area contributed by atoms with Crippen LogP contribution in [0.1, 0.15) is 58.8 Å². The van der Waals surface area contributed by atoms with Gasteiger partial charge in [-0.05, 0) is 63.7 Å². The number of rotatable bonds is 6. The summed E-state index contributed by atoms with van der Waals surface area (Å²) in [5, 5.41) is 9.78. The number of esters is 1. The van der Waals surface area contributed by atoms with Crippen molar-refractivity contribution < 1.29 is 32.5 Å². The average molecular weight is 390 g/mol. The zero-order chi connectivity index (χ0) is 20.0. The van der Waals surface area contributed by atoms with Gasteiger partial charge in [-0.1, -0.05) is 19.4 Å². The molecular formula is C20H29F3O4. The van der Waals surface area contributed by atoms with Crippen LogP contribution in [0.25, 0.3) is 0 Å². The van der Waals surface area contributed by atoms with Gasteiger partial charge in [0.05, 0.1) is 12.2 Å². The van der Waals surface area contributed by atoms with Crippen molar-refractivity contribution in [2.75, 3.05) is 6.61 Å². The van der Waals surface area contributed by atoms with E-state index in [9.17, 15) is 23.1 Å². The third kappa shape index (κ3) is 3.90. The van der Waals surface area contributed by atoms with Crippen LogP contribution in [0.4, 0.5) is 13.2 Å². The zero-order valence-corrected chi connectivity index (χ0v) is 16.0. The summed E-state index contributed by atoms with van der Waals surface area (Å²) in [5.74, 6) is 0.297. The fourth-order valence-corrected chi connectivity index (χ4v) is 5.21. The fourth-order valence-electron chi connectivity index (χ4n) is 5.21. The second-order valence-corrected chi connectivity index (χ2v) is 8.89. The van der Waals surface area contributed by atoms with Crippen molar-refractivity contribution in [2.45, 2.75) is 82.3 Å². The summed E-state index contributed by atoms with van der Waals surface area (Å²) in [6.45, 7) is 5.25. The number of carbonyl (C=O) groups is 1. The Morgan fingerprint density at radius 3 is 2.30 bits per heavy atom. The molecule has 0 heterocycles. The molecule has 3 saturated carbocycles. The maximum Gasteiger partial charge on any atom is 0.419 e. The molecule has 0 saturated heterocycles. The summed E-state index contributed by atoms with van der Waals surface area (Å²) < 4.78 is 50.5. The van der Waals surface area contributed by atoms with E-state index in [0.29, 0.717) is 5.57 Å². The molecule has 0 radical (unpaired) electrons. The molecule has 0 aliphatic heterocycles. The van der Waals surface area contributed by atoms with Crippen LogP contribution in [0.2, 0.25) is 0 Å². The number of halogens is 3. The monoisotopic (exact) mass is 390 g/mol. The van der Waals surface area contributed by atoms with E-state index in [1.807, 2.05) is 0 Å². The van der Waals surface area contributed by atoms with Crippen LogP contribution < -0.4 is 0 Å². The second kappa shape index (κ2) is 7.07. The van der Waals surface area contributed by atoms with Gasteiger partial charge in [-0.15, -0.1) is 0 Å². The summed E-state index contributed by atoms with van der Waals surface area (Å²) in [4.78, 5) is 11.8. The number of fused-ring (bicyclic) bond motifs is 2. The molecule has 0 spiro atoms. The van der Waals surface area contributed by atoms with Gasteiger partial charge >= 0.3 is 12.1 Å². The van der Waals surface area contributed by atoms with Crippen LogP contribution >= 0.6 is 0 Å². The first-order valence-electron chi connectivity index (χ1n) is 9.75. The lowest BCUT2D eigenvalue weighted by molar-refractivity contribution is -0.281. The number of hydrogen-bond donors (Lipinski definition) is 1. The lowest BCUT2D eigenvalue weighted by atomic mass is 9.74. The quantitative estimate of drug-likeness (QED) is 0.547. The van der Waals surface area contributed by atoms with Crippen molar-refractivity contribution in [1.82, 2.24) is 0 Å². The third-order valence-electron chi connectivity index (χ3n) is 6.78. The maximum atomic E-state index is 13.0. The lowest BCUT2D eigenvalue weighted by Crippen LogP contribution is -2.51. The molecule has 27 heavy (non-hydrogen) atoms. The van der Waals surface area contributed by atoms with E-state index >= 15 is 0 Å². The smallest absolute Gasteiger partial charge is 0.419 e. The predicted molar refractivity (Wildman–Crippen MR) is 92.8 cm³/mol. The van der Waals surface area contributed by atoms with Crippen LogP contribution in [0.5, 0.6) is 0 Å². The number of carbonyl (C=O) groups excluding carboxylic acids is 1. The van der Waals surface area contributed by atoms with Crippen molar-refractivity contribution in [2.24, 2.45) is 17.8 Å². The van der Waals surface area contributed by atoms with Crippen molar-refractivity contribution in [3.63, 3.8) is 0 Å². The summed E-state index contributed by atoms with van der Waals surface area (Å²) in [7, 11) is 0. The molecule has 1 N–H and O–H groups in total. The van der Waals surface area contributed by atoms with Crippen molar-refractivity contribution in [3.8, 4) is 0 Å². The van der Waals surface area contributed by atoms with Gasteiger partial charge in [0.1, 0.15) is 6.10 Å². The van der Waals surface area contributed by atoms with Crippen LogP contribution in [-0.4, -0.2) is 41.2 Å². The van der Waals surface area contributed by atoms with E-state index in [0.717, 1.165) is 51.9 Å². The van der Waals surface area contributed by atoms with E-state index in [1.165, 1.54) is 0 Å². The molecule has 154 valence electrons. The van der Waals surface area contributed by atoms with Gasteiger partial charge < -0.3 is 14.6 Å². The molecule has 0 aromatic rings. The van der Waals surface area contributed by atoms with Gasteiger partial charge in [0.25, 0.3) is 0 Å². The third-order valence-corrected chi connectivity index (χ3v) is 6.78. The highest BCUT2D eigenvalue weighted by atomic mass is 19.4. The highest BCUT2D eigenvalue weighted by Gasteiger charge is 2.58. The van der Waals surface area contributed by atoms with Gasteiger partial charge in [0, 0.05) is 5.57 Å². The molecule has 7 heteroatoms. The van der Waals surface area contributed by atoms with E-state index in [2.05, 4.69) is 6.58 Å². The number of ether oxygens (including phenoxy) is 2. The molecule has 3 fully saturated rings. The zero-order valence-electron chi connectivity index (χ0n) is 16.0. The van der Waals surface area contributed by atoms with E-state index < -0.39 is 24.0 Å². The van der Waals surface area contributed by atoms with Gasteiger partial charge in [-0.25, -0.2) is 4.79 Å². The number of alkyl halides is 3. The molecular weight excluding hydrogens is 361 g/mol. The molecule has 0 aromatic carbocycles. The second-order valence-electron chi connectivity index (χ2n) is 8.89. The Balaban J connectivity index is 1.66. The maximum absolute atomic E-state index is 13.0. The van der Waals surface area contributed by atoms with Crippen LogP contribution in [0, 0.1) is 17.8 Å². The van der Waals surface area contributed by atoms with Gasteiger partial charge in [-0.3, -0.25) is 0 Å². The summed E-state index contributed by atoms with van der Waals surface area (Å²) >= 11 is 0. The molecule has 3 aliphatic carbocycles. The number of aliphatic hydroxyl groups is 1. The highest BCUT2D eigenvalue weighted by Crippen LogP contribution is 2.58. The topological polar surface area (TPSA) is 55.8 Å². The summed E-state index contributed by atoms with van der Waals surface area (Å²) in [6.07, 6.45) is 0.903. The molecule has 0 aromatic heterocycles. The average Bonchev–Trinajstić information content (AvgIpc) is 3.27.